The third-order valence-electron chi connectivity index (χ3n) is 11.6. The predicted octanol–water partition coefficient (Wildman–Crippen LogP) is 15.0. The van der Waals surface area contributed by atoms with Crippen LogP contribution in [0.5, 0.6) is 0 Å². The molecule has 1 amide bonds. The fraction of sp³-hybridized carbons (Fsp3) is 0.979. The van der Waals surface area contributed by atoms with E-state index in [-0.39, 0.29) is 5.91 Å². The molecule has 0 saturated heterocycles. The molecule has 0 unspecified atom stereocenters. The Balaban J connectivity index is 3.78. The van der Waals surface area contributed by atoms with Crippen molar-refractivity contribution in [1.82, 2.24) is 5.32 Å². The number of rotatable bonds is 46. The van der Waals surface area contributed by atoms with Crippen molar-refractivity contribution in [2.75, 3.05) is 6.61 Å². The fourth-order valence-corrected chi connectivity index (χ4v) is 8.23. The zero-order valence-corrected chi connectivity index (χ0v) is 37.8. The lowest BCUT2D eigenvalue weighted by molar-refractivity contribution is -0.123. The minimum Gasteiger partial charge on any atom is -0.391 e. The van der Waals surface area contributed by atoms with Crippen LogP contribution in [0.3, 0.4) is 0 Å². The summed E-state index contributed by atoms with van der Waals surface area (Å²) in [4.78, 5) is 31.1. The minimum atomic E-state index is -4.69. The summed E-state index contributed by atoms with van der Waals surface area (Å²) in [6, 6.07) is -0.819. The molecule has 0 aliphatic rings. The normalized spacial score (nSPS) is 13.0. The van der Waals surface area contributed by atoms with E-state index in [1.165, 1.54) is 212 Å². The number of hydrogen-bond acceptors (Lipinski definition) is 4. The molecule has 0 heterocycles. The van der Waals surface area contributed by atoms with E-state index in [4.69, 9.17) is 4.52 Å². The summed E-state index contributed by atoms with van der Waals surface area (Å²) in [7, 11) is -4.69. The van der Waals surface area contributed by atoms with Gasteiger partial charge in [-0.05, 0) is 12.8 Å². The number of aliphatic hydroxyl groups excluding tert-OH is 1. The van der Waals surface area contributed by atoms with E-state index in [0.717, 1.165) is 38.5 Å². The van der Waals surface area contributed by atoms with Crippen molar-refractivity contribution >= 4 is 13.7 Å². The van der Waals surface area contributed by atoms with Crippen molar-refractivity contribution in [3.05, 3.63) is 0 Å². The van der Waals surface area contributed by atoms with Crippen LogP contribution in [0.4, 0.5) is 0 Å². The molecule has 4 N–H and O–H groups in total. The number of aliphatic hydroxyl groups is 1. The molecule has 7 nitrogen and oxygen atoms in total. The maximum absolute atomic E-state index is 12.7. The van der Waals surface area contributed by atoms with Crippen LogP contribution in [0.1, 0.15) is 277 Å². The van der Waals surface area contributed by atoms with Crippen LogP contribution in [0.2, 0.25) is 0 Å². The largest absolute Gasteiger partial charge is 0.469 e. The Kier molecular flexibility index (Phi) is 42.8. The zero-order chi connectivity index (χ0) is 40.3. The molecule has 0 fully saturated rings. The van der Waals surface area contributed by atoms with Gasteiger partial charge in [-0.1, -0.05) is 258 Å². The Bertz CT molecular complexity index is 823. The number of amides is 1. The van der Waals surface area contributed by atoms with Crippen molar-refractivity contribution in [3.63, 3.8) is 0 Å². The van der Waals surface area contributed by atoms with Crippen LogP contribution >= 0.6 is 7.82 Å². The second-order valence-electron chi connectivity index (χ2n) is 17.1. The van der Waals surface area contributed by atoms with Gasteiger partial charge in [0, 0.05) is 6.42 Å². The van der Waals surface area contributed by atoms with E-state index in [1.807, 2.05) is 0 Å². The number of phosphoric ester groups is 1. The second kappa shape index (κ2) is 43.1. The highest BCUT2D eigenvalue weighted by Crippen LogP contribution is 2.36. The molecule has 55 heavy (non-hydrogen) atoms. The summed E-state index contributed by atoms with van der Waals surface area (Å²) in [6.07, 6.45) is 51.0. The van der Waals surface area contributed by atoms with Gasteiger partial charge in [0.25, 0.3) is 0 Å². The third-order valence-corrected chi connectivity index (χ3v) is 12.1. The van der Waals surface area contributed by atoms with Gasteiger partial charge in [0.15, 0.2) is 0 Å². The molecule has 2 atom stereocenters. The molecule has 0 bridgehead atoms. The molecule has 0 aliphatic heterocycles. The SMILES string of the molecule is CCCCCCCCCCCCCCCCCCCCCCCCC(=O)N[C@@H](COP(=O)(O)O)[C@H](O)CCCCCCCCCCCCCCCCCCC. The molecule has 0 aliphatic carbocycles. The van der Waals surface area contributed by atoms with Gasteiger partial charge in [0.05, 0.1) is 18.8 Å². The Hall–Kier alpha value is -0.460. The summed E-state index contributed by atoms with van der Waals surface area (Å²) in [5.41, 5.74) is 0. The first kappa shape index (κ1) is 54.5. The fourth-order valence-electron chi connectivity index (χ4n) is 7.88. The standard InChI is InChI=1S/C47H96NO6P/c1-3-5-7-9-11-13-15-17-19-21-22-23-24-25-27-29-31-33-35-37-39-41-43-47(50)48-45(44-54-55(51,52)53)46(49)42-40-38-36-34-32-30-28-26-20-18-16-14-12-10-8-6-4-2/h45-46,49H,3-44H2,1-2H3,(H,48,50)(H2,51,52,53)/t45-,46+/m0/s1. The summed E-state index contributed by atoms with van der Waals surface area (Å²) in [5.74, 6) is -0.186. The maximum Gasteiger partial charge on any atom is 0.469 e. The van der Waals surface area contributed by atoms with E-state index in [0.29, 0.717) is 12.8 Å². The van der Waals surface area contributed by atoms with E-state index in [1.54, 1.807) is 0 Å². The minimum absolute atomic E-state index is 0.186. The van der Waals surface area contributed by atoms with Gasteiger partial charge in [-0.3, -0.25) is 9.32 Å². The zero-order valence-electron chi connectivity index (χ0n) is 36.9. The second-order valence-corrected chi connectivity index (χ2v) is 18.4. The Morgan fingerprint density at radius 1 is 0.455 bits per heavy atom. The first-order valence-corrected chi connectivity index (χ1v) is 26.0. The lowest BCUT2D eigenvalue weighted by Gasteiger charge is -2.24. The van der Waals surface area contributed by atoms with Gasteiger partial charge < -0.3 is 20.2 Å². The summed E-state index contributed by atoms with van der Waals surface area (Å²) < 4.78 is 16.0. The number of hydrogen-bond donors (Lipinski definition) is 4. The lowest BCUT2D eigenvalue weighted by atomic mass is 10.0. The highest BCUT2D eigenvalue weighted by molar-refractivity contribution is 7.46. The molecular weight excluding hydrogens is 705 g/mol. The predicted molar refractivity (Wildman–Crippen MR) is 237 cm³/mol. The van der Waals surface area contributed by atoms with E-state index < -0.39 is 26.6 Å². The summed E-state index contributed by atoms with van der Waals surface area (Å²) in [6.45, 7) is 4.16. The molecule has 0 aromatic carbocycles. The van der Waals surface area contributed by atoms with Crippen molar-refractivity contribution in [3.8, 4) is 0 Å². The van der Waals surface area contributed by atoms with Gasteiger partial charge in [-0.15, -0.1) is 0 Å². The Morgan fingerprint density at radius 3 is 0.982 bits per heavy atom. The first-order chi connectivity index (χ1) is 26.8. The first-order valence-electron chi connectivity index (χ1n) is 24.5. The topological polar surface area (TPSA) is 116 Å². The van der Waals surface area contributed by atoms with Crippen LogP contribution in [-0.2, 0) is 13.9 Å². The highest BCUT2D eigenvalue weighted by Gasteiger charge is 2.25. The van der Waals surface area contributed by atoms with Crippen LogP contribution in [0.15, 0.2) is 0 Å². The number of carbonyl (C=O) groups is 1. The molecule has 0 aromatic heterocycles. The summed E-state index contributed by atoms with van der Waals surface area (Å²) >= 11 is 0. The number of carbonyl (C=O) groups excluding carboxylic acids is 1. The van der Waals surface area contributed by atoms with Crippen molar-refractivity contribution in [1.29, 1.82) is 0 Å². The van der Waals surface area contributed by atoms with Gasteiger partial charge >= 0.3 is 7.82 Å². The molecular formula is C47H96NO6P. The van der Waals surface area contributed by atoms with Crippen LogP contribution in [0, 0.1) is 0 Å². The molecule has 0 spiro atoms. The van der Waals surface area contributed by atoms with Crippen LogP contribution < -0.4 is 5.32 Å². The van der Waals surface area contributed by atoms with E-state index in [2.05, 4.69) is 19.2 Å². The highest BCUT2D eigenvalue weighted by atomic mass is 31.2. The van der Waals surface area contributed by atoms with Crippen molar-refractivity contribution in [2.24, 2.45) is 0 Å². The maximum atomic E-state index is 12.7. The third kappa shape index (κ3) is 44.5. The average molecular weight is 802 g/mol. The molecule has 0 aromatic rings. The number of nitrogens with one attached hydrogen (secondary N) is 1. The Labute approximate surface area is 342 Å². The summed E-state index contributed by atoms with van der Waals surface area (Å²) in [5, 5.41) is 13.6. The van der Waals surface area contributed by atoms with Gasteiger partial charge in [-0.2, -0.15) is 0 Å². The molecule has 8 heteroatoms. The van der Waals surface area contributed by atoms with Gasteiger partial charge in [-0.25, -0.2) is 4.57 Å². The molecule has 0 radical (unpaired) electrons. The van der Waals surface area contributed by atoms with Gasteiger partial charge in [0.1, 0.15) is 0 Å². The van der Waals surface area contributed by atoms with E-state index in [9.17, 15) is 24.3 Å². The van der Waals surface area contributed by atoms with Crippen molar-refractivity contribution < 1.29 is 28.8 Å². The number of unbranched alkanes of at least 4 members (excludes halogenated alkanes) is 37. The van der Waals surface area contributed by atoms with Crippen LogP contribution in [0.25, 0.3) is 0 Å². The van der Waals surface area contributed by atoms with Gasteiger partial charge in [0.2, 0.25) is 5.91 Å². The number of phosphoric acid groups is 1. The average Bonchev–Trinajstić information content (AvgIpc) is 3.16. The lowest BCUT2D eigenvalue weighted by Crippen LogP contribution is -2.46. The molecule has 0 saturated carbocycles. The van der Waals surface area contributed by atoms with Crippen LogP contribution in [-0.4, -0.2) is 39.6 Å². The van der Waals surface area contributed by atoms with E-state index >= 15 is 0 Å². The monoisotopic (exact) mass is 802 g/mol. The Morgan fingerprint density at radius 2 is 0.709 bits per heavy atom. The molecule has 330 valence electrons. The smallest absolute Gasteiger partial charge is 0.391 e. The van der Waals surface area contributed by atoms with Crippen molar-refractivity contribution in [2.45, 2.75) is 289 Å². The molecule has 0 rings (SSSR count). The quantitative estimate of drug-likeness (QED) is 0.0360.